The Balaban J connectivity index is 3.67. The summed E-state index contributed by atoms with van der Waals surface area (Å²) < 4.78 is 28.7. The van der Waals surface area contributed by atoms with Crippen LogP contribution in [0.4, 0.5) is 0 Å². The highest BCUT2D eigenvalue weighted by molar-refractivity contribution is 7.85. The fraction of sp³-hybridized carbons (Fsp3) is 0.714. The van der Waals surface area contributed by atoms with Gasteiger partial charge >= 0.3 is 0 Å². The van der Waals surface area contributed by atoms with E-state index >= 15 is 0 Å². The number of carbonyl (C=O) groups excluding carboxylic acids is 2. The highest BCUT2D eigenvalue weighted by Gasteiger charge is 2.08. The molecular formula is C7H12O5S. The number of carbonyl (C=O) groups is 2. The van der Waals surface area contributed by atoms with Crippen LogP contribution in [0.3, 0.4) is 0 Å². The van der Waals surface area contributed by atoms with Crippen LogP contribution in [0.15, 0.2) is 0 Å². The molecule has 0 saturated heterocycles. The van der Waals surface area contributed by atoms with Gasteiger partial charge in [-0.3, -0.25) is 14.1 Å². The largest absolute Gasteiger partial charge is 0.300 e. The molecule has 0 saturated carbocycles. The molecule has 0 aliphatic heterocycles. The maximum absolute atomic E-state index is 10.8. The molecule has 0 radical (unpaired) electrons. The summed E-state index contributed by atoms with van der Waals surface area (Å²) in [7, 11) is -3.99. The second kappa shape index (κ2) is 5.08. The van der Waals surface area contributed by atoms with Gasteiger partial charge in [0.1, 0.15) is 11.6 Å². The molecule has 5 nitrogen and oxygen atoms in total. The van der Waals surface area contributed by atoms with Crippen molar-refractivity contribution < 1.29 is 22.6 Å². The van der Waals surface area contributed by atoms with Crippen LogP contribution in [0, 0.1) is 0 Å². The van der Waals surface area contributed by atoms with Crippen LogP contribution in [-0.4, -0.2) is 30.3 Å². The average molecular weight is 208 g/mol. The first-order valence-corrected chi connectivity index (χ1v) is 5.38. The normalized spacial score (nSPS) is 11.2. The van der Waals surface area contributed by atoms with Crippen LogP contribution >= 0.6 is 0 Å². The summed E-state index contributed by atoms with van der Waals surface area (Å²) in [5.74, 6) is -0.968. The highest BCUT2D eigenvalue weighted by Crippen LogP contribution is 1.98. The van der Waals surface area contributed by atoms with Crippen molar-refractivity contribution >= 4 is 21.7 Å². The average Bonchev–Trinajstić information content (AvgIpc) is 1.81. The van der Waals surface area contributed by atoms with Crippen molar-refractivity contribution in [1.82, 2.24) is 0 Å². The molecule has 76 valence electrons. The summed E-state index contributed by atoms with van der Waals surface area (Å²) in [4.78, 5) is 21.3. The fourth-order valence-electron chi connectivity index (χ4n) is 0.818. The van der Waals surface area contributed by atoms with E-state index in [1.807, 2.05) is 0 Å². The van der Waals surface area contributed by atoms with Crippen molar-refractivity contribution in [2.24, 2.45) is 0 Å². The van der Waals surface area contributed by atoms with Crippen LogP contribution in [-0.2, 0) is 19.7 Å². The zero-order valence-electron chi connectivity index (χ0n) is 7.32. The standard InChI is InChI=1S/C7H12O5S/c1-6(8)5-7(9)3-2-4-13(10,11)12/h2-5H2,1H3,(H,10,11,12). The molecule has 0 aromatic rings. The Morgan fingerprint density at radius 1 is 1.31 bits per heavy atom. The topological polar surface area (TPSA) is 88.5 Å². The van der Waals surface area contributed by atoms with Gasteiger partial charge in [-0.1, -0.05) is 0 Å². The molecule has 6 heteroatoms. The van der Waals surface area contributed by atoms with Gasteiger partial charge in [0.15, 0.2) is 0 Å². The zero-order chi connectivity index (χ0) is 10.5. The molecule has 0 unspecified atom stereocenters. The molecular weight excluding hydrogens is 196 g/mol. The summed E-state index contributed by atoms with van der Waals surface area (Å²) in [6.07, 6.45) is -0.0875. The molecule has 0 bridgehead atoms. The summed E-state index contributed by atoms with van der Waals surface area (Å²) >= 11 is 0. The van der Waals surface area contributed by atoms with Crippen LogP contribution in [0.1, 0.15) is 26.2 Å². The van der Waals surface area contributed by atoms with Crippen molar-refractivity contribution in [2.45, 2.75) is 26.2 Å². The Hall–Kier alpha value is -0.750. The van der Waals surface area contributed by atoms with Crippen molar-refractivity contribution in [3.05, 3.63) is 0 Å². The molecule has 1 N–H and O–H groups in total. The quantitative estimate of drug-likeness (QED) is 0.497. The molecule has 0 aromatic carbocycles. The van der Waals surface area contributed by atoms with Crippen molar-refractivity contribution in [2.75, 3.05) is 5.75 Å². The van der Waals surface area contributed by atoms with Gasteiger partial charge in [-0.15, -0.1) is 0 Å². The summed E-state index contributed by atoms with van der Waals surface area (Å²) in [5, 5.41) is 0. The number of hydrogen-bond donors (Lipinski definition) is 1. The SMILES string of the molecule is CC(=O)CC(=O)CCCS(=O)(=O)O. The van der Waals surface area contributed by atoms with Gasteiger partial charge in [-0.05, 0) is 13.3 Å². The maximum Gasteiger partial charge on any atom is 0.264 e. The van der Waals surface area contributed by atoms with Crippen LogP contribution in [0.25, 0.3) is 0 Å². The third kappa shape index (κ3) is 9.16. The summed E-state index contributed by atoms with van der Waals surface area (Å²) in [6.45, 7) is 1.29. The predicted octanol–water partition coefficient (Wildman–Crippen LogP) is 0.203. The molecule has 0 aliphatic rings. The number of rotatable bonds is 6. The monoisotopic (exact) mass is 208 g/mol. The Bertz CT molecular complexity index is 290. The number of Topliss-reactive ketones (excluding diaryl/α,β-unsaturated/α-hetero) is 2. The molecule has 0 aliphatic carbocycles. The minimum Gasteiger partial charge on any atom is -0.300 e. The van der Waals surface area contributed by atoms with Crippen molar-refractivity contribution in [3.8, 4) is 0 Å². The third-order valence-corrected chi connectivity index (χ3v) is 2.11. The number of ketones is 2. The lowest BCUT2D eigenvalue weighted by Gasteiger charge is -1.96. The first kappa shape index (κ1) is 12.2. The van der Waals surface area contributed by atoms with Crippen molar-refractivity contribution in [3.63, 3.8) is 0 Å². The highest BCUT2D eigenvalue weighted by atomic mass is 32.2. The summed E-state index contributed by atoms with van der Waals surface area (Å²) in [6, 6.07) is 0. The molecule has 0 heterocycles. The smallest absolute Gasteiger partial charge is 0.264 e. The van der Waals surface area contributed by atoms with E-state index in [0.29, 0.717) is 0 Å². The first-order valence-electron chi connectivity index (χ1n) is 3.77. The Kier molecular flexibility index (Phi) is 4.79. The minimum absolute atomic E-state index is 0.0133. The maximum atomic E-state index is 10.8. The third-order valence-electron chi connectivity index (χ3n) is 1.30. The van der Waals surface area contributed by atoms with Crippen LogP contribution < -0.4 is 0 Å². The lowest BCUT2D eigenvalue weighted by molar-refractivity contribution is -0.125. The molecule has 0 amide bonds. The van der Waals surface area contributed by atoms with Gasteiger partial charge < -0.3 is 0 Å². The predicted molar refractivity (Wildman–Crippen MR) is 46.0 cm³/mol. The molecule has 0 rings (SSSR count). The molecule has 13 heavy (non-hydrogen) atoms. The summed E-state index contributed by atoms with van der Waals surface area (Å²) in [5.41, 5.74) is 0. The lowest BCUT2D eigenvalue weighted by Crippen LogP contribution is -2.08. The molecule has 0 spiro atoms. The van der Waals surface area contributed by atoms with E-state index < -0.39 is 15.9 Å². The number of hydrogen-bond acceptors (Lipinski definition) is 4. The first-order chi connectivity index (χ1) is 5.81. The molecule has 0 atom stereocenters. The van der Waals surface area contributed by atoms with E-state index in [1.54, 1.807) is 0 Å². The minimum atomic E-state index is -3.99. The Labute approximate surface area is 76.9 Å². The van der Waals surface area contributed by atoms with E-state index in [-0.39, 0.29) is 30.8 Å². The van der Waals surface area contributed by atoms with E-state index in [0.717, 1.165) is 0 Å². The van der Waals surface area contributed by atoms with Gasteiger partial charge in [0.2, 0.25) is 0 Å². The lowest BCUT2D eigenvalue weighted by atomic mass is 10.1. The fourth-order valence-corrected chi connectivity index (χ4v) is 1.33. The van der Waals surface area contributed by atoms with E-state index in [1.165, 1.54) is 6.92 Å². The van der Waals surface area contributed by atoms with Crippen LogP contribution in [0.2, 0.25) is 0 Å². The van der Waals surface area contributed by atoms with E-state index in [9.17, 15) is 18.0 Å². The van der Waals surface area contributed by atoms with E-state index in [2.05, 4.69) is 0 Å². The Morgan fingerprint density at radius 2 is 1.85 bits per heavy atom. The van der Waals surface area contributed by atoms with Gasteiger partial charge in [0, 0.05) is 6.42 Å². The molecule has 0 fully saturated rings. The van der Waals surface area contributed by atoms with Gasteiger partial charge in [0.05, 0.1) is 12.2 Å². The molecule has 0 aromatic heterocycles. The van der Waals surface area contributed by atoms with E-state index in [4.69, 9.17) is 4.55 Å². The second-order valence-electron chi connectivity index (χ2n) is 2.81. The van der Waals surface area contributed by atoms with Gasteiger partial charge in [-0.25, -0.2) is 0 Å². The van der Waals surface area contributed by atoms with Gasteiger partial charge in [0.25, 0.3) is 10.1 Å². The van der Waals surface area contributed by atoms with Crippen LogP contribution in [0.5, 0.6) is 0 Å². The Morgan fingerprint density at radius 3 is 2.23 bits per heavy atom. The van der Waals surface area contributed by atoms with Crippen molar-refractivity contribution in [1.29, 1.82) is 0 Å². The van der Waals surface area contributed by atoms with Gasteiger partial charge in [-0.2, -0.15) is 8.42 Å². The second-order valence-corrected chi connectivity index (χ2v) is 4.38. The zero-order valence-corrected chi connectivity index (χ0v) is 8.13.